The van der Waals surface area contributed by atoms with Crippen molar-refractivity contribution in [3.63, 3.8) is 0 Å². The molecule has 0 fully saturated rings. The number of carboxylic acids is 1. The molecule has 2 aromatic carbocycles. The molecular formula is C19H20N2O5. The Labute approximate surface area is 150 Å². The molecule has 1 atom stereocenters. The van der Waals surface area contributed by atoms with E-state index in [2.05, 4.69) is 5.32 Å². The average molecular weight is 356 g/mol. The summed E-state index contributed by atoms with van der Waals surface area (Å²) in [5.41, 5.74) is 2.25. The average Bonchev–Trinajstić information content (AvgIpc) is 2.61. The number of aliphatic carboxylic acids is 1. The van der Waals surface area contributed by atoms with Crippen molar-refractivity contribution in [1.29, 1.82) is 0 Å². The van der Waals surface area contributed by atoms with E-state index in [1.807, 2.05) is 0 Å². The van der Waals surface area contributed by atoms with Gasteiger partial charge in [0.2, 0.25) is 5.91 Å². The van der Waals surface area contributed by atoms with Gasteiger partial charge in [0.1, 0.15) is 0 Å². The highest BCUT2D eigenvalue weighted by Crippen LogP contribution is 2.16. The number of hydrogen-bond donors (Lipinski definition) is 2. The molecule has 0 aromatic heterocycles. The minimum atomic E-state index is -0.844. The first-order chi connectivity index (χ1) is 12.3. The SMILES string of the molecule is CC(Cc1ccc(NC(=O)CCc2cccc([N+](=O)[O-])c2)cc1)C(=O)O. The van der Waals surface area contributed by atoms with Gasteiger partial charge in [0.15, 0.2) is 0 Å². The zero-order valence-electron chi connectivity index (χ0n) is 14.3. The first-order valence-corrected chi connectivity index (χ1v) is 8.20. The summed E-state index contributed by atoms with van der Waals surface area (Å²) in [7, 11) is 0. The van der Waals surface area contributed by atoms with Crippen molar-refractivity contribution in [2.45, 2.75) is 26.2 Å². The third-order valence-electron chi connectivity index (χ3n) is 3.96. The molecule has 2 N–H and O–H groups in total. The fourth-order valence-electron chi connectivity index (χ4n) is 2.47. The maximum absolute atomic E-state index is 12.0. The smallest absolute Gasteiger partial charge is 0.306 e. The number of rotatable bonds is 8. The van der Waals surface area contributed by atoms with Crippen molar-refractivity contribution in [3.8, 4) is 0 Å². The second-order valence-electron chi connectivity index (χ2n) is 6.12. The Hall–Kier alpha value is -3.22. The van der Waals surface area contributed by atoms with Crippen LogP contribution in [0.1, 0.15) is 24.5 Å². The van der Waals surface area contributed by atoms with Crippen molar-refractivity contribution in [3.05, 3.63) is 69.8 Å². The number of carbonyl (C=O) groups excluding carboxylic acids is 1. The van der Waals surface area contributed by atoms with Gasteiger partial charge in [0.05, 0.1) is 10.8 Å². The van der Waals surface area contributed by atoms with Crippen molar-refractivity contribution < 1.29 is 19.6 Å². The topological polar surface area (TPSA) is 110 Å². The number of non-ortho nitro benzene ring substituents is 1. The lowest BCUT2D eigenvalue weighted by atomic mass is 10.0. The van der Waals surface area contributed by atoms with Crippen LogP contribution in [-0.2, 0) is 22.4 Å². The van der Waals surface area contributed by atoms with Gasteiger partial charge in [-0.15, -0.1) is 0 Å². The predicted molar refractivity (Wildman–Crippen MR) is 97.0 cm³/mol. The van der Waals surface area contributed by atoms with Gasteiger partial charge in [-0.3, -0.25) is 19.7 Å². The number of nitro groups is 1. The molecule has 0 bridgehead atoms. The zero-order valence-corrected chi connectivity index (χ0v) is 14.3. The van der Waals surface area contributed by atoms with Gasteiger partial charge in [0.25, 0.3) is 5.69 Å². The number of anilines is 1. The van der Waals surface area contributed by atoms with E-state index in [9.17, 15) is 19.7 Å². The second-order valence-corrected chi connectivity index (χ2v) is 6.12. The minimum Gasteiger partial charge on any atom is -0.481 e. The molecule has 0 aliphatic rings. The first-order valence-electron chi connectivity index (χ1n) is 8.20. The van der Waals surface area contributed by atoms with E-state index in [-0.39, 0.29) is 18.0 Å². The molecule has 1 amide bonds. The highest BCUT2D eigenvalue weighted by Gasteiger charge is 2.12. The second kappa shape index (κ2) is 8.75. The molecular weight excluding hydrogens is 336 g/mol. The number of carbonyl (C=O) groups is 2. The van der Waals surface area contributed by atoms with E-state index in [0.29, 0.717) is 18.5 Å². The van der Waals surface area contributed by atoms with E-state index in [1.54, 1.807) is 43.3 Å². The van der Waals surface area contributed by atoms with E-state index in [0.717, 1.165) is 11.1 Å². The van der Waals surface area contributed by atoms with Crippen molar-refractivity contribution in [2.24, 2.45) is 5.92 Å². The highest BCUT2D eigenvalue weighted by atomic mass is 16.6. The number of carboxylic acid groups (broad SMARTS) is 1. The molecule has 7 nitrogen and oxygen atoms in total. The third kappa shape index (κ3) is 5.70. The van der Waals surface area contributed by atoms with Crippen LogP contribution in [0.3, 0.4) is 0 Å². The molecule has 0 spiro atoms. The van der Waals surface area contributed by atoms with E-state index in [4.69, 9.17) is 5.11 Å². The number of aryl methyl sites for hydroxylation is 1. The predicted octanol–water partition coefficient (Wildman–Crippen LogP) is 3.43. The highest BCUT2D eigenvalue weighted by molar-refractivity contribution is 5.90. The Bertz CT molecular complexity index is 802. The van der Waals surface area contributed by atoms with Crippen LogP contribution in [0.4, 0.5) is 11.4 Å². The number of nitrogens with zero attached hydrogens (tertiary/aromatic N) is 1. The van der Waals surface area contributed by atoms with Crippen LogP contribution in [0.2, 0.25) is 0 Å². The quantitative estimate of drug-likeness (QED) is 0.556. The lowest BCUT2D eigenvalue weighted by molar-refractivity contribution is -0.384. The van der Waals surface area contributed by atoms with Crippen LogP contribution in [-0.4, -0.2) is 21.9 Å². The Balaban J connectivity index is 1.87. The lowest BCUT2D eigenvalue weighted by Crippen LogP contribution is -2.13. The zero-order chi connectivity index (χ0) is 19.1. The number of amides is 1. The van der Waals surface area contributed by atoms with E-state index >= 15 is 0 Å². The van der Waals surface area contributed by atoms with Crippen molar-refractivity contribution in [1.82, 2.24) is 0 Å². The summed E-state index contributed by atoms with van der Waals surface area (Å²) in [5, 5.41) is 22.4. The molecule has 7 heteroatoms. The number of nitrogens with one attached hydrogen (secondary N) is 1. The molecule has 0 saturated heterocycles. The Morgan fingerprint density at radius 3 is 2.46 bits per heavy atom. The van der Waals surface area contributed by atoms with E-state index in [1.165, 1.54) is 12.1 Å². The summed E-state index contributed by atoms with van der Waals surface area (Å²) < 4.78 is 0. The standard InChI is InChI=1S/C19H20N2O5/c1-13(19(23)24)11-15-5-8-16(9-6-15)20-18(22)10-7-14-3-2-4-17(12-14)21(25)26/h2-6,8-9,12-13H,7,10-11H2,1H3,(H,20,22)(H,23,24). The molecule has 0 saturated carbocycles. The van der Waals surface area contributed by atoms with Gasteiger partial charge < -0.3 is 10.4 Å². The summed E-state index contributed by atoms with van der Waals surface area (Å²) in [5.74, 6) is -1.50. The monoisotopic (exact) mass is 356 g/mol. The molecule has 26 heavy (non-hydrogen) atoms. The maximum Gasteiger partial charge on any atom is 0.306 e. The normalized spacial score (nSPS) is 11.6. The lowest BCUT2D eigenvalue weighted by Gasteiger charge is -2.09. The molecule has 0 aliphatic heterocycles. The minimum absolute atomic E-state index is 0.00841. The van der Waals surface area contributed by atoms with Crippen LogP contribution in [0.5, 0.6) is 0 Å². The summed E-state index contributed by atoms with van der Waals surface area (Å²) >= 11 is 0. The van der Waals surface area contributed by atoms with Gasteiger partial charge in [-0.05, 0) is 36.1 Å². The number of nitro benzene ring substituents is 1. The molecule has 0 radical (unpaired) electrons. The van der Waals surface area contributed by atoms with Gasteiger partial charge in [-0.2, -0.15) is 0 Å². The van der Waals surface area contributed by atoms with E-state index < -0.39 is 16.8 Å². The van der Waals surface area contributed by atoms with Crippen molar-refractivity contribution in [2.75, 3.05) is 5.32 Å². The summed E-state index contributed by atoms with van der Waals surface area (Å²) in [4.78, 5) is 33.2. The van der Waals surface area contributed by atoms with Gasteiger partial charge in [-0.1, -0.05) is 31.2 Å². The maximum atomic E-state index is 12.0. The Kier molecular flexibility index (Phi) is 6.43. The Morgan fingerprint density at radius 2 is 1.85 bits per heavy atom. The molecule has 2 aromatic rings. The van der Waals surface area contributed by atoms with Crippen molar-refractivity contribution >= 4 is 23.3 Å². The van der Waals surface area contributed by atoms with Gasteiger partial charge in [0, 0.05) is 24.2 Å². The summed E-state index contributed by atoms with van der Waals surface area (Å²) in [6, 6.07) is 13.3. The van der Waals surface area contributed by atoms with Crippen LogP contribution in [0, 0.1) is 16.0 Å². The first kappa shape index (κ1) is 19.1. The molecule has 0 heterocycles. The summed E-state index contributed by atoms with van der Waals surface area (Å²) in [6.45, 7) is 1.64. The fraction of sp³-hybridized carbons (Fsp3) is 0.263. The molecule has 136 valence electrons. The molecule has 0 aliphatic carbocycles. The van der Waals surface area contributed by atoms with Gasteiger partial charge >= 0.3 is 5.97 Å². The summed E-state index contributed by atoms with van der Waals surface area (Å²) in [6.07, 6.45) is 1.04. The number of hydrogen-bond acceptors (Lipinski definition) is 4. The van der Waals surface area contributed by atoms with Crippen LogP contribution in [0.25, 0.3) is 0 Å². The molecule has 2 rings (SSSR count). The fourth-order valence-corrected chi connectivity index (χ4v) is 2.47. The van der Waals surface area contributed by atoms with Crippen LogP contribution >= 0.6 is 0 Å². The van der Waals surface area contributed by atoms with Crippen LogP contribution < -0.4 is 5.32 Å². The third-order valence-corrected chi connectivity index (χ3v) is 3.96. The largest absolute Gasteiger partial charge is 0.481 e. The Morgan fingerprint density at radius 1 is 1.15 bits per heavy atom. The van der Waals surface area contributed by atoms with Crippen LogP contribution in [0.15, 0.2) is 48.5 Å². The van der Waals surface area contributed by atoms with Gasteiger partial charge in [-0.25, -0.2) is 0 Å². The number of benzene rings is 2. The molecule has 1 unspecified atom stereocenters.